The second-order valence-corrected chi connectivity index (χ2v) is 6.76. The van der Waals surface area contributed by atoms with Crippen molar-refractivity contribution in [1.82, 2.24) is 20.3 Å². The van der Waals surface area contributed by atoms with Crippen LogP contribution >= 0.6 is 11.3 Å². The quantitative estimate of drug-likeness (QED) is 0.931. The predicted molar refractivity (Wildman–Crippen MR) is 87.2 cm³/mol. The maximum atomic E-state index is 12.1. The first-order valence-corrected chi connectivity index (χ1v) is 8.60. The summed E-state index contributed by atoms with van der Waals surface area (Å²) in [5.74, 6) is 0.599. The number of aromatic nitrogens is 3. The van der Waals surface area contributed by atoms with Gasteiger partial charge in [-0.2, -0.15) is 0 Å². The summed E-state index contributed by atoms with van der Waals surface area (Å²) in [4.78, 5) is 25.7. The van der Waals surface area contributed by atoms with Gasteiger partial charge in [0.05, 0.1) is 11.2 Å². The summed E-state index contributed by atoms with van der Waals surface area (Å²) in [5, 5.41) is 2.87. The van der Waals surface area contributed by atoms with Crippen molar-refractivity contribution in [2.24, 2.45) is 0 Å². The zero-order valence-corrected chi connectivity index (χ0v) is 14.2. The Bertz CT molecular complexity index is 678. The number of ether oxygens (including phenoxy) is 1. The number of hydrogen-bond donors (Lipinski definition) is 1. The van der Waals surface area contributed by atoms with Gasteiger partial charge >= 0.3 is 0 Å². The number of nitrogens with zero attached hydrogens (tertiary/aromatic N) is 3. The van der Waals surface area contributed by atoms with Gasteiger partial charge in [0.15, 0.2) is 5.82 Å². The molecule has 1 N–H and O–H groups in total. The van der Waals surface area contributed by atoms with Crippen molar-refractivity contribution in [3.05, 3.63) is 39.9 Å². The van der Waals surface area contributed by atoms with Crippen LogP contribution in [0.1, 0.15) is 52.9 Å². The van der Waals surface area contributed by atoms with Crippen LogP contribution in [0, 0.1) is 6.92 Å². The van der Waals surface area contributed by atoms with Crippen molar-refractivity contribution in [3.63, 3.8) is 0 Å². The summed E-state index contributed by atoms with van der Waals surface area (Å²) in [6, 6.07) is 0. The first kappa shape index (κ1) is 16.0. The van der Waals surface area contributed by atoms with E-state index in [0.717, 1.165) is 37.1 Å². The minimum Gasteiger partial charge on any atom is -0.367 e. The Hall–Kier alpha value is -1.86. The molecule has 1 aliphatic rings. The third-order valence-electron chi connectivity index (χ3n) is 4.05. The van der Waals surface area contributed by atoms with E-state index in [1.807, 2.05) is 13.8 Å². The number of carbonyl (C=O) groups excluding carboxylic acids is 1. The van der Waals surface area contributed by atoms with Crippen LogP contribution in [0.2, 0.25) is 0 Å². The highest BCUT2D eigenvalue weighted by atomic mass is 32.1. The highest BCUT2D eigenvalue weighted by molar-refractivity contribution is 7.11. The van der Waals surface area contributed by atoms with E-state index in [1.165, 1.54) is 11.3 Å². The lowest BCUT2D eigenvalue weighted by Gasteiger charge is -2.32. The van der Waals surface area contributed by atoms with Gasteiger partial charge < -0.3 is 10.1 Å². The summed E-state index contributed by atoms with van der Waals surface area (Å²) < 4.78 is 5.85. The number of amides is 1. The van der Waals surface area contributed by atoms with E-state index in [0.29, 0.717) is 17.2 Å². The first-order valence-electron chi connectivity index (χ1n) is 7.72. The molecule has 3 heterocycles. The number of carbonyl (C=O) groups is 1. The SMILES string of the molecule is Cc1ncsc1C(=O)NCc1cnc([C@@]2(C)CCCCO2)nc1. The molecule has 7 heteroatoms. The van der Waals surface area contributed by atoms with Crippen LogP contribution in [0.25, 0.3) is 0 Å². The zero-order chi connectivity index (χ0) is 16.3. The number of thiazole rings is 1. The summed E-state index contributed by atoms with van der Waals surface area (Å²) in [7, 11) is 0. The second-order valence-electron chi connectivity index (χ2n) is 5.90. The Labute approximate surface area is 139 Å². The minimum atomic E-state index is -0.389. The van der Waals surface area contributed by atoms with E-state index in [9.17, 15) is 4.79 Å². The third-order valence-corrected chi connectivity index (χ3v) is 4.98. The van der Waals surface area contributed by atoms with Crippen LogP contribution in [0.15, 0.2) is 17.9 Å². The Morgan fingerprint density at radius 3 is 2.74 bits per heavy atom. The average molecular weight is 332 g/mol. The van der Waals surface area contributed by atoms with Gasteiger partial charge in [-0.1, -0.05) is 0 Å². The average Bonchev–Trinajstić information content (AvgIpc) is 3.00. The predicted octanol–water partition coefficient (Wildman–Crippen LogP) is 2.59. The van der Waals surface area contributed by atoms with Crippen LogP contribution in [-0.2, 0) is 16.9 Å². The monoisotopic (exact) mass is 332 g/mol. The maximum Gasteiger partial charge on any atom is 0.263 e. The fourth-order valence-electron chi connectivity index (χ4n) is 2.61. The molecule has 2 aromatic rings. The largest absolute Gasteiger partial charge is 0.367 e. The first-order chi connectivity index (χ1) is 11.1. The minimum absolute atomic E-state index is 0.114. The lowest BCUT2D eigenvalue weighted by molar-refractivity contribution is -0.0760. The zero-order valence-electron chi connectivity index (χ0n) is 13.3. The van der Waals surface area contributed by atoms with Crippen molar-refractivity contribution >= 4 is 17.2 Å². The Morgan fingerprint density at radius 1 is 1.35 bits per heavy atom. The standard InChI is InChI=1S/C16H20N4O2S/c1-11-13(23-10-20-11)14(21)17-7-12-8-18-15(19-9-12)16(2)5-3-4-6-22-16/h8-10H,3-7H2,1-2H3,(H,17,21)/t16-/m1/s1. The van der Waals surface area contributed by atoms with Crippen molar-refractivity contribution in [3.8, 4) is 0 Å². The highest BCUT2D eigenvalue weighted by Crippen LogP contribution is 2.32. The molecule has 0 unspecified atom stereocenters. The fraction of sp³-hybridized carbons (Fsp3) is 0.500. The number of hydrogen-bond acceptors (Lipinski definition) is 6. The Kier molecular flexibility index (Phi) is 4.68. The summed E-state index contributed by atoms with van der Waals surface area (Å²) in [6.07, 6.45) is 6.67. The van der Waals surface area contributed by atoms with Crippen LogP contribution < -0.4 is 5.32 Å². The van der Waals surface area contributed by atoms with Crippen molar-refractivity contribution in [2.75, 3.05) is 6.61 Å². The van der Waals surface area contributed by atoms with Gasteiger partial charge in [-0.25, -0.2) is 15.0 Å². The normalized spacial score (nSPS) is 21.1. The number of rotatable bonds is 4. The fourth-order valence-corrected chi connectivity index (χ4v) is 3.33. The molecule has 3 rings (SSSR count). The van der Waals surface area contributed by atoms with E-state index in [-0.39, 0.29) is 11.5 Å². The van der Waals surface area contributed by atoms with E-state index >= 15 is 0 Å². The van der Waals surface area contributed by atoms with E-state index < -0.39 is 0 Å². The highest BCUT2D eigenvalue weighted by Gasteiger charge is 2.32. The van der Waals surface area contributed by atoms with Crippen LogP contribution in [0.4, 0.5) is 0 Å². The van der Waals surface area contributed by atoms with Crippen molar-refractivity contribution in [1.29, 1.82) is 0 Å². The Morgan fingerprint density at radius 2 is 2.13 bits per heavy atom. The Balaban J connectivity index is 1.61. The maximum absolute atomic E-state index is 12.1. The molecular weight excluding hydrogens is 312 g/mol. The van der Waals surface area contributed by atoms with Gasteiger partial charge in [-0.05, 0) is 33.1 Å². The van der Waals surface area contributed by atoms with Gasteiger partial charge in [0.1, 0.15) is 10.5 Å². The molecule has 1 atom stereocenters. The van der Waals surface area contributed by atoms with Gasteiger partial charge in [-0.15, -0.1) is 11.3 Å². The van der Waals surface area contributed by atoms with Gasteiger partial charge in [0.2, 0.25) is 0 Å². The molecule has 1 aliphatic heterocycles. The lowest BCUT2D eigenvalue weighted by Crippen LogP contribution is -2.32. The molecule has 0 saturated carbocycles. The molecule has 0 aliphatic carbocycles. The molecular formula is C16H20N4O2S. The van der Waals surface area contributed by atoms with E-state index in [4.69, 9.17) is 4.74 Å². The molecule has 6 nitrogen and oxygen atoms in total. The van der Waals surface area contributed by atoms with Gasteiger partial charge in [0, 0.05) is 31.1 Å². The van der Waals surface area contributed by atoms with E-state index in [2.05, 4.69) is 20.3 Å². The second kappa shape index (κ2) is 6.72. The van der Waals surface area contributed by atoms with Crippen molar-refractivity contribution in [2.45, 2.75) is 45.3 Å². The molecule has 1 amide bonds. The van der Waals surface area contributed by atoms with Crippen LogP contribution in [-0.4, -0.2) is 27.5 Å². The summed E-state index contributed by atoms with van der Waals surface area (Å²) in [6.45, 7) is 5.02. The molecule has 0 aromatic carbocycles. The third kappa shape index (κ3) is 3.56. The smallest absolute Gasteiger partial charge is 0.263 e. The van der Waals surface area contributed by atoms with Crippen molar-refractivity contribution < 1.29 is 9.53 Å². The topological polar surface area (TPSA) is 77.0 Å². The molecule has 0 radical (unpaired) electrons. The molecule has 1 fully saturated rings. The lowest BCUT2D eigenvalue weighted by atomic mass is 9.95. The molecule has 1 saturated heterocycles. The van der Waals surface area contributed by atoms with Gasteiger partial charge in [0.25, 0.3) is 5.91 Å². The van der Waals surface area contributed by atoms with Crippen LogP contribution in [0.5, 0.6) is 0 Å². The molecule has 23 heavy (non-hydrogen) atoms. The molecule has 2 aromatic heterocycles. The van der Waals surface area contributed by atoms with E-state index in [1.54, 1.807) is 17.9 Å². The molecule has 0 bridgehead atoms. The number of aryl methyl sites for hydroxylation is 1. The summed E-state index contributed by atoms with van der Waals surface area (Å²) in [5.41, 5.74) is 2.90. The molecule has 0 spiro atoms. The van der Waals surface area contributed by atoms with Gasteiger partial charge in [-0.3, -0.25) is 4.79 Å². The molecule has 122 valence electrons. The van der Waals surface area contributed by atoms with Crippen LogP contribution in [0.3, 0.4) is 0 Å². The number of nitrogens with one attached hydrogen (secondary N) is 1. The summed E-state index contributed by atoms with van der Waals surface area (Å²) >= 11 is 1.34.